The Balaban J connectivity index is 1.91. The lowest BCUT2D eigenvalue weighted by atomic mass is 10.1. The molecule has 3 nitrogen and oxygen atoms in total. The van der Waals surface area contributed by atoms with Crippen molar-refractivity contribution < 1.29 is 0 Å². The summed E-state index contributed by atoms with van der Waals surface area (Å²) in [4.78, 5) is 2.99. The van der Waals surface area contributed by atoms with Crippen molar-refractivity contribution in [3.05, 3.63) is 29.8 Å². The van der Waals surface area contributed by atoms with E-state index < -0.39 is 0 Å². The molecule has 1 atom stereocenters. The fraction of sp³-hybridized carbons (Fsp3) is 0.533. The number of nitrogens with one attached hydrogen (secondary N) is 1. The maximum absolute atomic E-state index is 5.74. The van der Waals surface area contributed by atoms with Gasteiger partial charge < -0.3 is 16.0 Å². The Hall–Kier alpha value is -1.13. The summed E-state index contributed by atoms with van der Waals surface area (Å²) in [6.45, 7) is 7.90. The molecular formula is C15H23N3S. The van der Waals surface area contributed by atoms with E-state index in [0.29, 0.717) is 16.9 Å². The predicted molar refractivity (Wildman–Crippen MR) is 85.6 cm³/mol. The Morgan fingerprint density at radius 3 is 2.84 bits per heavy atom. The van der Waals surface area contributed by atoms with E-state index in [-0.39, 0.29) is 0 Å². The van der Waals surface area contributed by atoms with Crippen LogP contribution in [-0.2, 0) is 0 Å². The number of para-hydroxylation sites is 1. The summed E-state index contributed by atoms with van der Waals surface area (Å²) in [5.74, 6) is 0.710. The zero-order chi connectivity index (χ0) is 13.8. The average Bonchev–Trinajstić information content (AvgIpc) is 2.85. The lowest BCUT2D eigenvalue weighted by Crippen LogP contribution is -2.29. The quantitative estimate of drug-likeness (QED) is 0.811. The van der Waals surface area contributed by atoms with Crippen LogP contribution in [0.5, 0.6) is 0 Å². The number of hydrogen-bond acceptors (Lipinski definition) is 3. The van der Waals surface area contributed by atoms with Crippen LogP contribution in [0.2, 0.25) is 0 Å². The van der Waals surface area contributed by atoms with Crippen LogP contribution in [0.15, 0.2) is 24.3 Å². The third-order valence-electron chi connectivity index (χ3n) is 3.82. The van der Waals surface area contributed by atoms with Crippen LogP contribution in [-0.4, -0.2) is 35.6 Å². The second kappa shape index (κ2) is 6.35. The van der Waals surface area contributed by atoms with Gasteiger partial charge >= 0.3 is 0 Å². The molecule has 1 aromatic rings. The zero-order valence-electron chi connectivity index (χ0n) is 11.7. The number of rotatable bonds is 5. The van der Waals surface area contributed by atoms with Crippen molar-refractivity contribution in [2.24, 2.45) is 11.7 Å². The van der Waals surface area contributed by atoms with Gasteiger partial charge in [-0.15, -0.1) is 0 Å². The third kappa shape index (κ3) is 3.67. The number of benzene rings is 1. The summed E-state index contributed by atoms with van der Waals surface area (Å²) in [5, 5.41) is 3.50. The van der Waals surface area contributed by atoms with Crippen LogP contribution in [0.1, 0.15) is 25.8 Å². The summed E-state index contributed by atoms with van der Waals surface area (Å²) in [6.07, 6.45) is 1.26. The van der Waals surface area contributed by atoms with Gasteiger partial charge in [-0.05, 0) is 44.9 Å². The number of likely N-dealkylation sites (tertiary alicyclic amines) is 1. The van der Waals surface area contributed by atoms with Crippen molar-refractivity contribution in [2.45, 2.75) is 26.3 Å². The van der Waals surface area contributed by atoms with E-state index in [2.05, 4.69) is 24.1 Å². The predicted octanol–water partition coefficient (Wildman–Crippen LogP) is 2.46. The number of hydrogen-bond donors (Lipinski definition) is 2. The van der Waals surface area contributed by atoms with Gasteiger partial charge in [0, 0.05) is 30.4 Å². The first kappa shape index (κ1) is 14.3. The smallest absolute Gasteiger partial charge is 0.106 e. The minimum atomic E-state index is 0.457. The average molecular weight is 277 g/mol. The molecule has 1 aliphatic rings. The largest absolute Gasteiger partial charge is 0.389 e. The van der Waals surface area contributed by atoms with Gasteiger partial charge in [0.1, 0.15) is 4.99 Å². The molecule has 1 unspecified atom stereocenters. The van der Waals surface area contributed by atoms with E-state index in [0.717, 1.165) is 17.8 Å². The molecule has 104 valence electrons. The number of nitrogens with zero attached hydrogens (tertiary/aromatic N) is 1. The first-order valence-electron chi connectivity index (χ1n) is 6.94. The molecule has 0 saturated carbocycles. The number of thiocarbonyl (C=S) groups is 1. The molecule has 0 aliphatic carbocycles. The zero-order valence-corrected chi connectivity index (χ0v) is 12.5. The Kier molecular flexibility index (Phi) is 4.77. The van der Waals surface area contributed by atoms with Crippen molar-refractivity contribution in [1.82, 2.24) is 4.90 Å². The molecule has 0 spiro atoms. The first-order chi connectivity index (χ1) is 9.08. The van der Waals surface area contributed by atoms with E-state index in [4.69, 9.17) is 18.0 Å². The van der Waals surface area contributed by atoms with Gasteiger partial charge in [-0.2, -0.15) is 0 Å². The molecule has 1 heterocycles. The Bertz CT molecular complexity index is 445. The van der Waals surface area contributed by atoms with E-state index in [1.165, 1.54) is 19.5 Å². The number of nitrogens with two attached hydrogens (primary N) is 1. The Morgan fingerprint density at radius 1 is 1.47 bits per heavy atom. The lowest BCUT2D eigenvalue weighted by Gasteiger charge is -2.20. The standard InChI is InChI=1S/C15H23N3S/c1-11(2)18-8-7-12(10-18)9-17-14-6-4-3-5-13(14)15(16)19/h3-6,11-12,17H,7-10H2,1-2H3,(H2,16,19). The second-order valence-electron chi connectivity index (χ2n) is 5.53. The van der Waals surface area contributed by atoms with Gasteiger partial charge in [0.15, 0.2) is 0 Å². The molecule has 0 amide bonds. The number of anilines is 1. The topological polar surface area (TPSA) is 41.3 Å². The van der Waals surface area contributed by atoms with Gasteiger partial charge in [-0.3, -0.25) is 0 Å². The molecule has 1 saturated heterocycles. The van der Waals surface area contributed by atoms with Gasteiger partial charge in [0.25, 0.3) is 0 Å². The minimum Gasteiger partial charge on any atom is -0.389 e. The highest BCUT2D eigenvalue weighted by molar-refractivity contribution is 7.80. The Labute approximate surface area is 121 Å². The van der Waals surface area contributed by atoms with Gasteiger partial charge in [-0.25, -0.2) is 0 Å². The lowest BCUT2D eigenvalue weighted by molar-refractivity contribution is 0.266. The van der Waals surface area contributed by atoms with Crippen LogP contribution in [0.4, 0.5) is 5.69 Å². The highest BCUT2D eigenvalue weighted by Gasteiger charge is 2.23. The molecule has 4 heteroatoms. The molecule has 3 N–H and O–H groups in total. The fourth-order valence-corrected chi connectivity index (χ4v) is 2.78. The summed E-state index contributed by atoms with van der Waals surface area (Å²) < 4.78 is 0. The van der Waals surface area contributed by atoms with Crippen LogP contribution in [0.3, 0.4) is 0 Å². The molecular weight excluding hydrogens is 254 g/mol. The van der Waals surface area contributed by atoms with Crippen molar-refractivity contribution >= 4 is 22.9 Å². The van der Waals surface area contributed by atoms with E-state index >= 15 is 0 Å². The summed E-state index contributed by atoms with van der Waals surface area (Å²) in [5.41, 5.74) is 7.74. The van der Waals surface area contributed by atoms with Crippen molar-refractivity contribution in [1.29, 1.82) is 0 Å². The SMILES string of the molecule is CC(C)N1CCC(CNc2ccccc2C(N)=S)C1. The van der Waals surface area contributed by atoms with Crippen LogP contribution in [0.25, 0.3) is 0 Å². The molecule has 2 rings (SSSR count). The normalized spacial score (nSPS) is 19.8. The van der Waals surface area contributed by atoms with Crippen LogP contribution < -0.4 is 11.1 Å². The van der Waals surface area contributed by atoms with E-state index in [1.807, 2.05) is 24.3 Å². The van der Waals surface area contributed by atoms with Gasteiger partial charge in [0.2, 0.25) is 0 Å². The Morgan fingerprint density at radius 2 is 2.21 bits per heavy atom. The summed E-state index contributed by atoms with van der Waals surface area (Å²) in [7, 11) is 0. The monoisotopic (exact) mass is 277 g/mol. The first-order valence-corrected chi connectivity index (χ1v) is 7.35. The van der Waals surface area contributed by atoms with Crippen molar-refractivity contribution in [3.8, 4) is 0 Å². The fourth-order valence-electron chi connectivity index (χ4n) is 2.60. The van der Waals surface area contributed by atoms with Crippen molar-refractivity contribution in [2.75, 3.05) is 25.0 Å². The maximum Gasteiger partial charge on any atom is 0.106 e. The summed E-state index contributed by atoms with van der Waals surface area (Å²) >= 11 is 5.08. The summed E-state index contributed by atoms with van der Waals surface area (Å²) in [6, 6.07) is 8.65. The van der Waals surface area contributed by atoms with Gasteiger partial charge in [0.05, 0.1) is 0 Å². The molecule has 1 fully saturated rings. The van der Waals surface area contributed by atoms with Crippen molar-refractivity contribution in [3.63, 3.8) is 0 Å². The molecule has 1 aliphatic heterocycles. The van der Waals surface area contributed by atoms with E-state index in [9.17, 15) is 0 Å². The maximum atomic E-state index is 5.74. The molecule has 0 aromatic heterocycles. The third-order valence-corrected chi connectivity index (χ3v) is 4.04. The highest BCUT2D eigenvalue weighted by atomic mass is 32.1. The second-order valence-corrected chi connectivity index (χ2v) is 5.97. The molecule has 0 bridgehead atoms. The molecule has 0 radical (unpaired) electrons. The molecule has 1 aromatic carbocycles. The van der Waals surface area contributed by atoms with Crippen LogP contribution in [0, 0.1) is 5.92 Å². The highest BCUT2D eigenvalue weighted by Crippen LogP contribution is 2.21. The minimum absolute atomic E-state index is 0.457. The van der Waals surface area contributed by atoms with Crippen LogP contribution >= 0.6 is 12.2 Å². The molecule has 19 heavy (non-hydrogen) atoms. The van der Waals surface area contributed by atoms with Gasteiger partial charge in [-0.1, -0.05) is 24.4 Å². The van der Waals surface area contributed by atoms with E-state index in [1.54, 1.807) is 0 Å².